The maximum Gasteiger partial charge on any atom is 0.0340 e. The van der Waals surface area contributed by atoms with Crippen molar-refractivity contribution in [2.75, 3.05) is 0 Å². The smallest absolute Gasteiger partial charge is 0.0340 e. The highest BCUT2D eigenvalue weighted by molar-refractivity contribution is 5.47. The standard InChI is InChI=1S/C13H20N2/c1-3-11(2)13(14)8-4-6-12-7-5-9-15-10-12/h4-7,9-11,13H,3,8,14H2,1-2H3. The molecule has 0 aliphatic carbocycles. The van der Waals surface area contributed by atoms with Crippen molar-refractivity contribution in [3.05, 3.63) is 36.2 Å². The predicted octanol–water partition coefficient (Wildman–Crippen LogP) is 2.86. The molecule has 0 aliphatic heterocycles. The van der Waals surface area contributed by atoms with Crippen molar-refractivity contribution in [1.29, 1.82) is 0 Å². The van der Waals surface area contributed by atoms with E-state index in [0.29, 0.717) is 5.92 Å². The molecule has 2 unspecified atom stereocenters. The number of hydrogen-bond acceptors (Lipinski definition) is 2. The summed E-state index contributed by atoms with van der Waals surface area (Å²) in [5, 5.41) is 0. The Hall–Kier alpha value is -1.15. The second-order valence-corrected chi connectivity index (χ2v) is 3.97. The summed E-state index contributed by atoms with van der Waals surface area (Å²) >= 11 is 0. The van der Waals surface area contributed by atoms with Crippen molar-refractivity contribution in [1.82, 2.24) is 4.98 Å². The Morgan fingerprint density at radius 3 is 2.93 bits per heavy atom. The molecule has 1 rings (SSSR count). The van der Waals surface area contributed by atoms with E-state index >= 15 is 0 Å². The van der Waals surface area contributed by atoms with Gasteiger partial charge in [-0.05, 0) is 24.0 Å². The molecule has 15 heavy (non-hydrogen) atoms. The van der Waals surface area contributed by atoms with E-state index in [2.05, 4.69) is 31.0 Å². The third-order valence-corrected chi connectivity index (χ3v) is 2.78. The molecule has 1 aromatic heterocycles. The maximum atomic E-state index is 6.03. The van der Waals surface area contributed by atoms with Crippen LogP contribution in [0.15, 0.2) is 30.6 Å². The SMILES string of the molecule is CCC(C)C(N)CC=Cc1cccnc1. The highest BCUT2D eigenvalue weighted by Crippen LogP contribution is 2.10. The molecule has 1 heterocycles. The summed E-state index contributed by atoms with van der Waals surface area (Å²) in [6.45, 7) is 4.37. The second-order valence-electron chi connectivity index (χ2n) is 3.97. The fraction of sp³-hybridized carbons (Fsp3) is 0.462. The topological polar surface area (TPSA) is 38.9 Å². The van der Waals surface area contributed by atoms with Crippen LogP contribution in [0.5, 0.6) is 0 Å². The maximum absolute atomic E-state index is 6.03. The zero-order valence-electron chi connectivity index (χ0n) is 9.56. The van der Waals surface area contributed by atoms with Crippen LogP contribution in [0.3, 0.4) is 0 Å². The first-order valence-corrected chi connectivity index (χ1v) is 5.56. The van der Waals surface area contributed by atoms with Crippen LogP contribution < -0.4 is 5.73 Å². The Kier molecular flexibility index (Phi) is 5.05. The molecule has 0 bridgehead atoms. The normalized spacial score (nSPS) is 15.4. The Morgan fingerprint density at radius 1 is 1.53 bits per heavy atom. The molecule has 0 radical (unpaired) electrons. The van der Waals surface area contributed by atoms with Crippen LogP contribution in [0.4, 0.5) is 0 Å². The van der Waals surface area contributed by atoms with Gasteiger partial charge in [-0.25, -0.2) is 0 Å². The largest absolute Gasteiger partial charge is 0.327 e. The van der Waals surface area contributed by atoms with Crippen LogP contribution in [-0.4, -0.2) is 11.0 Å². The van der Waals surface area contributed by atoms with Gasteiger partial charge >= 0.3 is 0 Å². The minimum atomic E-state index is 0.267. The summed E-state index contributed by atoms with van der Waals surface area (Å²) in [5.41, 5.74) is 7.16. The molecule has 82 valence electrons. The van der Waals surface area contributed by atoms with E-state index < -0.39 is 0 Å². The molecular weight excluding hydrogens is 184 g/mol. The minimum Gasteiger partial charge on any atom is -0.327 e. The monoisotopic (exact) mass is 204 g/mol. The van der Waals surface area contributed by atoms with E-state index in [-0.39, 0.29) is 6.04 Å². The summed E-state index contributed by atoms with van der Waals surface area (Å²) in [5.74, 6) is 0.587. The van der Waals surface area contributed by atoms with E-state index in [0.717, 1.165) is 18.4 Å². The third-order valence-electron chi connectivity index (χ3n) is 2.78. The molecule has 0 saturated heterocycles. The Morgan fingerprint density at radius 2 is 2.33 bits per heavy atom. The average molecular weight is 204 g/mol. The highest BCUT2D eigenvalue weighted by Gasteiger charge is 2.07. The van der Waals surface area contributed by atoms with Gasteiger partial charge in [0.05, 0.1) is 0 Å². The molecular formula is C13H20N2. The zero-order chi connectivity index (χ0) is 11.1. The Labute approximate surface area is 92.2 Å². The number of nitrogens with zero attached hydrogens (tertiary/aromatic N) is 1. The second kappa shape index (κ2) is 6.36. The van der Waals surface area contributed by atoms with Crippen LogP contribution in [0, 0.1) is 5.92 Å². The van der Waals surface area contributed by atoms with Crippen molar-refractivity contribution in [2.24, 2.45) is 11.7 Å². The van der Waals surface area contributed by atoms with Gasteiger partial charge < -0.3 is 5.73 Å². The molecule has 2 nitrogen and oxygen atoms in total. The van der Waals surface area contributed by atoms with E-state index in [9.17, 15) is 0 Å². The van der Waals surface area contributed by atoms with Gasteiger partial charge in [-0.15, -0.1) is 0 Å². The molecule has 0 aliphatic rings. The summed E-state index contributed by atoms with van der Waals surface area (Å²) < 4.78 is 0. The Balaban J connectivity index is 2.40. The van der Waals surface area contributed by atoms with Gasteiger partial charge in [0.15, 0.2) is 0 Å². The van der Waals surface area contributed by atoms with Crippen molar-refractivity contribution in [3.8, 4) is 0 Å². The van der Waals surface area contributed by atoms with E-state index in [1.165, 1.54) is 0 Å². The highest BCUT2D eigenvalue weighted by atomic mass is 14.6. The lowest BCUT2D eigenvalue weighted by atomic mass is 9.97. The molecule has 2 N–H and O–H groups in total. The Bertz CT molecular complexity index is 293. The van der Waals surface area contributed by atoms with Crippen LogP contribution in [-0.2, 0) is 0 Å². The molecule has 0 fully saturated rings. The zero-order valence-corrected chi connectivity index (χ0v) is 9.56. The van der Waals surface area contributed by atoms with Crippen molar-refractivity contribution in [2.45, 2.75) is 32.7 Å². The van der Waals surface area contributed by atoms with Crippen LogP contribution in [0.2, 0.25) is 0 Å². The van der Waals surface area contributed by atoms with Crippen LogP contribution >= 0.6 is 0 Å². The number of nitrogens with two attached hydrogens (primary N) is 1. The molecule has 1 aromatic rings. The molecule has 0 aromatic carbocycles. The van der Waals surface area contributed by atoms with Gasteiger partial charge in [0.25, 0.3) is 0 Å². The fourth-order valence-corrected chi connectivity index (χ4v) is 1.37. The van der Waals surface area contributed by atoms with Crippen molar-refractivity contribution >= 4 is 6.08 Å². The van der Waals surface area contributed by atoms with Gasteiger partial charge in [-0.1, -0.05) is 38.5 Å². The van der Waals surface area contributed by atoms with E-state index in [4.69, 9.17) is 5.73 Å². The van der Waals surface area contributed by atoms with Crippen molar-refractivity contribution < 1.29 is 0 Å². The first-order valence-electron chi connectivity index (χ1n) is 5.56. The van der Waals surface area contributed by atoms with E-state index in [1.807, 2.05) is 18.3 Å². The first kappa shape index (κ1) is 11.9. The number of rotatable bonds is 5. The number of aromatic nitrogens is 1. The van der Waals surface area contributed by atoms with Gasteiger partial charge in [-0.2, -0.15) is 0 Å². The van der Waals surface area contributed by atoms with Gasteiger partial charge in [0, 0.05) is 18.4 Å². The molecule has 2 heteroatoms. The lowest BCUT2D eigenvalue weighted by Crippen LogP contribution is -2.26. The van der Waals surface area contributed by atoms with Crippen LogP contribution in [0.1, 0.15) is 32.3 Å². The lowest BCUT2D eigenvalue weighted by molar-refractivity contribution is 0.446. The van der Waals surface area contributed by atoms with Crippen LogP contribution in [0.25, 0.3) is 6.08 Å². The fourth-order valence-electron chi connectivity index (χ4n) is 1.37. The quantitative estimate of drug-likeness (QED) is 0.801. The third kappa shape index (κ3) is 4.26. The predicted molar refractivity (Wildman–Crippen MR) is 65.3 cm³/mol. The first-order chi connectivity index (χ1) is 7.24. The van der Waals surface area contributed by atoms with Gasteiger partial charge in [0.2, 0.25) is 0 Å². The average Bonchev–Trinajstić information content (AvgIpc) is 2.29. The molecule has 0 saturated carbocycles. The number of hydrogen-bond donors (Lipinski definition) is 1. The summed E-state index contributed by atoms with van der Waals surface area (Å²) in [4.78, 5) is 4.05. The van der Waals surface area contributed by atoms with Gasteiger partial charge in [0.1, 0.15) is 0 Å². The summed E-state index contributed by atoms with van der Waals surface area (Å²) in [6.07, 6.45) is 9.92. The molecule has 0 spiro atoms. The number of pyridine rings is 1. The van der Waals surface area contributed by atoms with E-state index in [1.54, 1.807) is 6.20 Å². The van der Waals surface area contributed by atoms with Gasteiger partial charge in [-0.3, -0.25) is 4.98 Å². The van der Waals surface area contributed by atoms with Crippen molar-refractivity contribution in [3.63, 3.8) is 0 Å². The summed E-state index contributed by atoms with van der Waals surface area (Å²) in [7, 11) is 0. The molecule has 0 amide bonds. The lowest BCUT2D eigenvalue weighted by Gasteiger charge is -2.15. The molecule has 2 atom stereocenters. The summed E-state index contributed by atoms with van der Waals surface area (Å²) in [6, 6.07) is 4.25. The minimum absolute atomic E-state index is 0.267.